The number of sulfonamides is 1. The van der Waals surface area contributed by atoms with Crippen molar-refractivity contribution in [2.45, 2.75) is 25.3 Å². The highest BCUT2D eigenvalue weighted by molar-refractivity contribution is 7.89. The van der Waals surface area contributed by atoms with Crippen molar-refractivity contribution in [2.75, 3.05) is 20.3 Å². The summed E-state index contributed by atoms with van der Waals surface area (Å²) < 4.78 is 32.6. The summed E-state index contributed by atoms with van der Waals surface area (Å²) in [6.45, 7) is 3.13. The van der Waals surface area contributed by atoms with Gasteiger partial charge >= 0.3 is 0 Å². The quantitative estimate of drug-likeness (QED) is 0.616. The third-order valence-corrected chi connectivity index (χ3v) is 6.78. The number of benzene rings is 2. The number of aryl methyl sites for hydroxylation is 2. The van der Waals surface area contributed by atoms with E-state index in [-0.39, 0.29) is 30.2 Å². The van der Waals surface area contributed by atoms with Gasteiger partial charge in [-0.2, -0.15) is 4.31 Å². The van der Waals surface area contributed by atoms with Crippen LogP contribution in [-0.4, -0.2) is 43.1 Å². The minimum atomic E-state index is -3.88. The number of H-pyrrole nitrogens is 1. The van der Waals surface area contributed by atoms with E-state index < -0.39 is 10.0 Å². The first-order valence-corrected chi connectivity index (χ1v) is 10.6. The SMILES string of the molecule is COc1ccc2cc(CN(CCO)S(=O)(=O)c3ccc(C)c(C)c3)c(=O)[nH]c2c1. The van der Waals surface area contributed by atoms with Crippen LogP contribution in [0.4, 0.5) is 0 Å². The van der Waals surface area contributed by atoms with Crippen molar-refractivity contribution < 1.29 is 18.3 Å². The zero-order valence-corrected chi connectivity index (χ0v) is 17.4. The van der Waals surface area contributed by atoms with Gasteiger partial charge in [-0.15, -0.1) is 0 Å². The summed E-state index contributed by atoms with van der Waals surface area (Å²) in [6, 6.07) is 11.8. The Hall–Kier alpha value is -2.68. The van der Waals surface area contributed by atoms with Gasteiger partial charge in [0.05, 0.1) is 24.1 Å². The van der Waals surface area contributed by atoms with Crippen LogP contribution in [-0.2, 0) is 16.6 Å². The number of aliphatic hydroxyl groups is 1. The maximum atomic E-state index is 13.1. The van der Waals surface area contributed by atoms with E-state index in [1.807, 2.05) is 13.8 Å². The monoisotopic (exact) mass is 416 g/mol. The van der Waals surface area contributed by atoms with Crippen LogP contribution in [0.1, 0.15) is 16.7 Å². The van der Waals surface area contributed by atoms with Gasteiger partial charge < -0.3 is 14.8 Å². The molecular formula is C21H24N2O5S. The van der Waals surface area contributed by atoms with Crippen LogP contribution in [0.25, 0.3) is 10.9 Å². The number of rotatable bonds is 7. The predicted octanol–water partition coefficient (Wildman–Crippen LogP) is 2.34. The summed E-state index contributed by atoms with van der Waals surface area (Å²) in [7, 11) is -2.34. The van der Waals surface area contributed by atoms with Gasteiger partial charge in [0.2, 0.25) is 10.0 Å². The molecule has 0 bridgehead atoms. The standard InChI is InChI=1S/C21H24N2O5S/c1-14-4-7-19(10-15(14)2)29(26,27)23(8-9-24)13-17-11-16-5-6-18(28-3)12-20(16)22-21(17)25/h4-7,10-12,24H,8-9,13H2,1-3H3,(H,22,25). The molecule has 3 rings (SSSR count). The van der Waals surface area contributed by atoms with E-state index in [0.29, 0.717) is 16.8 Å². The first-order valence-electron chi connectivity index (χ1n) is 9.14. The molecule has 2 aromatic carbocycles. The fourth-order valence-corrected chi connectivity index (χ4v) is 4.57. The van der Waals surface area contributed by atoms with Crippen LogP contribution in [0.2, 0.25) is 0 Å². The largest absolute Gasteiger partial charge is 0.497 e. The molecule has 0 aliphatic carbocycles. The van der Waals surface area contributed by atoms with E-state index in [2.05, 4.69) is 4.98 Å². The number of aromatic nitrogens is 1. The van der Waals surface area contributed by atoms with Crippen molar-refractivity contribution in [3.8, 4) is 5.75 Å². The van der Waals surface area contributed by atoms with Crippen molar-refractivity contribution in [3.63, 3.8) is 0 Å². The van der Waals surface area contributed by atoms with Crippen LogP contribution in [0.5, 0.6) is 5.75 Å². The molecule has 0 fully saturated rings. The molecule has 1 aromatic heterocycles. The summed E-state index contributed by atoms with van der Waals surface area (Å²) in [4.78, 5) is 15.5. The van der Waals surface area contributed by atoms with Gasteiger partial charge in [0.25, 0.3) is 5.56 Å². The smallest absolute Gasteiger partial charge is 0.252 e. The lowest BCUT2D eigenvalue weighted by Gasteiger charge is -2.22. The summed E-state index contributed by atoms with van der Waals surface area (Å²) in [5, 5.41) is 10.2. The lowest BCUT2D eigenvalue weighted by molar-refractivity contribution is 0.251. The number of methoxy groups -OCH3 is 1. The highest BCUT2D eigenvalue weighted by atomic mass is 32.2. The molecule has 2 N–H and O–H groups in total. The van der Waals surface area contributed by atoms with E-state index in [0.717, 1.165) is 20.8 Å². The van der Waals surface area contributed by atoms with Crippen LogP contribution in [0.3, 0.4) is 0 Å². The molecule has 7 nitrogen and oxygen atoms in total. The lowest BCUT2D eigenvalue weighted by atomic mass is 10.1. The number of aromatic amines is 1. The highest BCUT2D eigenvalue weighted by Crippen LogP contribution is 2.22. The molecule has 0 aliphatic heterocycles. The lowest BCUT2D eigenvalue weighted by Crippen LogP contribution is -2.35. The van der Waals surface area contributed by atoms with Crippen LogP contribution >= 0.6 is 0 Å². The van der Waals surface area contributed by atoms with Crippen molar-refractivity contribution in [2.24, 2.45) is 0 Å². The molecule has 0 radical (unpaired) electrons. The second-order valence-electron chi connectivity index (χ2n) is 6.89. The van der Waals surface area contributed by atoms with E-state index >= 15 is 0 Å². The molecule has 0 atom stereocenters. The van der Waals surface area contributed by atoms with Crippen LogP contribution in [0, 0.1) is 13.8 Å². The molecule has 0 spiro atoms. The minimum Gasteiger partial charge on any atom is -0.497 e. The molecule has 0 amide bonds. The molecule has 1 heterocycles. The Balaban J connectivity index is 2.01. The maximum absolute atomic E-state index is 13.1. The second kappa shape index (κ2) is 8.36. The molecule has 0 saturated carbocycles. The van der Waals surface area contributed by atoms with Gasteiger partial charge in [-0.3, -0.25) is 4.79 Å². The number of fused-ring (bicyclic) bond motifs is 1. The number of ether oxygens (including phenoxy) is 1. The Bertz CT molecular complexity index is 1200. The first kappa shape index (κ1) is 21.0. The van der Waals surface area contributed by atoms with Crippen molar-refractivity contribution >= 4 is 20.9 Å². The Morgan fingerprint density at radius 2 is 1.83 bits per heavy atom. The van der Waals surface area contributed by atoms with Gasteiger partial charge in [-0.1, -0.05) is 6.07 Å². The number of nitrogens with one attached hydrogen (secondary N) is 1. The van der Waals surface area contributed by atoms with Gasteiger partial charge in [-0.25, -0.2) is 8.42 Å². The van der Waals surface area contributed by atoms with Crippen molar-refractivity contribution in [1.29, 1.82) is 0 Å². The van der Waals surface area contributed by atoms with E-state index in [9.17, 15) is 18.3 Å². The minimum absolute atomic E-state index is 0.116. The summed E-state index contributed by atoms with van der Waals surface area (Å²) in [5.41, 5.74) is 2.35. The number of hydrogen-bond acceptors (Lipinski definition) is 5. The average Bonchev–Trinajstić information content (AvgIpc) is 2.69. The Kier molecular flexibility index (Phi) is 6.07. The van der Waals surface area contributed by atoms with E-state index in [1.54, 1.807) is 42.5 Å². The number of aliphatic hydroxyl groups excluding tert-OH is 1. The van der Waals surface area contributed by atoms with Crippen LogP contribution < -0.4 is 10.3 Å². The molecule has 8 heteroatoms. The zero-order chi connectivity index (χ0) is 21.2. The third kappa shape index (κ3) is 4.34. The summed E-state index contributed by atoms with van der Waals surface area (Å²) >= 11 is 0. The van der Waals surface area contributed by atoms with Gasteiger partial charge in [0.1, 0.15) is 5.75 Å². The summed E-state index contributed by atoms with van der Waals surface area (Å²) in [6.07, 6.45) is 0. The molecule has 0 saturated heterocycles. The normalized spacial score (nSPS) is 11.9. The highest BCUT2D eigenvalue weighted by Gasteiger charge is 2.25. The molecular weight excluding hydrogens is 392 g/mol. The maximum Gasteiger partial charge on any atom is 0.252 e. The fraction of sp³-hybridized carbons (Fsp3) is 0.286. The van der Waals surface area contributed by atoms with Gasteiger partial charge in [0.15, 0.2) is 0 Å². The number of hydrogen-bond donors (Lipinski definition) is 2. The predicted molar refractivity (Wildman–Crippen MR) is 112 cm³/mol. The van der Waals surface area contributed by atoms with E-state index in [4.69, 9.17) is 4.74 Å². The average molecular weight is 416 g/mol. The van der Waals surface area contributed by atoms with Crippen molar-refractivity contribution in [3.05, 3.63) is 69.5 Å². The number of pyridine rings is 1. The molecule has 3 aromatic rings. The number of nitrogens with zero attached hydrogens (tertiary/aromatic N) is 1. The Morgan fingerprint density at radius 3 is 2.48 bits per heavy atom. The molecule has 29 heavy (non-hydrogen) atoms. The van der Waals surface area contributed by atoms with Gasteiger partial charge in [-0.05, 0) is 60.7 Å². The fourth-order valence-electron chi connectivity index (χ4n) is 3.08. The molecule has 154 valence electrons. The Morgan fingerprint density at radius 1 is 1.07 bits per heavy atom. The van der Waals surface area contributed by atoms with E-state index in [1.165, 1.54) is 7.11 Å². The first-order chi connectivity index (χ1) is 13.8. The summed E-state index contributed by atoms with van der Waals surface area (Å²) in [5.74, 6) is 0.611. The molecule has 0 unspecified atom stereocenters. The zero-order valence-electron chi connectivity index (χ0n) is 16.6. The molecule has 0 aliphatic rings. The van der Waals surface area contributed by atoms with Gasteiger partial charge in [0, 0.05) is 24.7 Å². The van der Waals surface area contributed by atoms with Crippen molar-refractivity contribution in [1.82, 2.24) is 9.29 Å². The van der Waals surface area contributed by atoms with Crippen LogP contribution in [0.15, 0.2) is 52.2 Å². The second-order valence-corrected chi connectivity index (χ2v) is 8.82. The topological polar surface area (TPSA) is 99.7 Å². The third-order valence-electron chi connectivity index (χ3n) is 4.94. The Labute approximate surface area is 169 Å².